The molecule has 0 amide bonds. The zero-order valence-electron chi connectivity index (χ0n) is 12.3. The van der Waals surface area contributed by atoms with Gasteiger partial charge in [0.2, 0.25) is 0 Å². The number of hydrogen-bond acceptors (Lipinski definition) is 5. The second-order valence-corrected chi connectivity index (χ2v) is 7.52. The molecule has 114 valence electrons. The highest BCUT2D eigenvalue weighted by Crippen LogP contribution is 2.29. The highest BCUT2D eigenvalue weighted by atomic mass is 32.2. The van der Waals surface area contributed by atoms with Crippen molar-refractivity contribution in [2.24, 2.45) is 0 Å². The Balaban J connectivity index is 2.81. The lowest BCUT2D eigenvalue weighted by Gasteiger charge is -2.15. The minimum absolute atomic E-state index is 0.0490. The molecule has 1 aromatic rings. The second kappa shape index (κ2) is 6.95. The van der Waals surface area contributed by atoms with Crippen LogP contribution in [-0.2, 0) is 9.84 Å². The van der Waals surface area contributed by atoms with Crippen LogP contribution in [0.25, 0.3) is 0 Å². The van der Waals surface area contributed by atoms with Gasteiger partial charge in [0.1, 0.15) is 18.1 Å². The third kappa shape index (κ3) is 4.38. The standard InChI is InChI=1S/C14H22O5S/c1-10(2)20(16,17)8-7-19-14-9-12(18-4)5-6-13(14)11(3)15/h5-6,9-11,15H,7-8H2,1-4H3. The Kier molecular flexibility index (Phi) is 5.83. The summed E-state index contributed by atoms with van der Waals surface area (Å²) >= 11 is 0. The Morgan fingerprint density at radius 1 is 1.25 bits per heavy atom. The average molecular weight is 302 g/mol. The topological polar surface area (TPSA) is 72.8 Å². The molecule has 0 bridgehead atoms. The van der Waals surface area contributed by atoms with Crippen LogP contribution in [0, 0.1) is 0 Å². The molecule has 5 nitrogen and oxygen atoms in total. The van der Waals surface area contributed by atoms with E-state index in [4.69, 9.17) is 9.47 Å². The molecule has 0 saturated heterocycles. The largest absolute Gasteiger partial charge is 0.497 e. The van der Waals surface area contributed by atoms with Crippen molar-refractivity contribution in [2.45, 2.75) is 32.1 Å². The smallest absolute Gasteiger partial charge is 0.155 e. The molecule has 0 heterocycles. The molecule has 0 saturated carbocycles. The summed E-state index contributed by atoms with van der Waals surface area (Å²) in [6.45, 7) is 4.96. The lowest BCUT2D eigenvalue weighted by Crippen LogP contribution is -2.22. The van der Waals surface area contributed by atoms with Crippen LogP contribution in [-0.4, -0.2) is 38.2 Å². The zero-order chi connectivity index (χ0) is 15.3. The molecule has 1 rings (SSSR count). The minimum atomic E-state index is -3.14. The van der Waals surface area contributed by atoms with E-state index in [0.717, 1.165) is 0 Å². The van der Waals surface area contributed by atoms with Crippen LogP contribution in [0.3, 0.4) is 0 Å². The fourth-order valence-electron chi connectivity index (χ4n) is 1.62. The number of aliphatic hydroxyl groups is 1. The lowest BCUT2D eigenvalue weighted by molar-refractivity contribution is 0.192. The van der Waals surface area contributed by atoms with Gasteiger partial charge in [0, 0.05) is 11.6 Å². The van der Waals surface area contributed by atoms with Crippen molar-refractivity contribution >= 4 is 9.84 Å². The van der Waals surface area contributed by atoms with Crippen molar-refractivity contribution in [3.05, 3.63) is 23.8 Å². The Morgan fingerprint density at radius 2 is 1.90 bits per heavy atom. The molecule has 0 aliphatic rings. The van der Waals surface area contributed by atoms with E-state index in [1.807, 2.05) is 0 Å². The van der Waals surface area contributed by atoms with E-state index in [2.05, 4.69) is 0 Å². The van der Waals surface area contributed by atoms with Gasteiger partial charge in [-0.05, 0) is 32.9 Å². The molecule has 0 spiro atoms. The molecule has 1 atom stereocenters. The number of sulfone groups is 1. The zero-order valence-corrected chi connectivity index (χ0v) is 13.1. The van der Waals surface area contributed by atoms with Gasteiger partial charge in [0.15, 0.2) is 9.84 Å². The number of hydrogen-bond donors (Lipinski definition) is 1. The minimum Gasteiger partial charge on any atom is -0.497 e. The van der Waals surface area contributed by atoms with Gasteiger partial charge in [-0.1, -0.05) is 0 Å². The summed E-state index contributed by atoms with van der Waals surface area (Å²) in [5.74, 6) is 0.982. The summed E-state index contributed by atoms with van der Waals surface area (Å²) in [5, 5.41) is 9.25. The van der Waals surface area contributed by atoms with Crippen LogP contribution in [0.2, 0.25) is 0 Å². The predicted molar refractivity (Wildman–Crippen MR) is 78.0 cm³/mol. The Labute approximate surface area is 120 Å². The summed E-state index contributed by atoms with van der Waals surface area (Å²) in [6.07, 6.45) is -0.697. The highest BCUT2D eigenvalue weighted by Gasteiger charge is 2.17. The third-order valence-corrected chi connectivity index (χ3v) is 5.19. The molecule has 1 unspecified atom stereocenters. The van der Waals surface area contributed by atoms with Crippen molar-refractivity contribution < 1.29 is 23.0 Å². The molecular weight excluding hydrogens is 280 g/mol. The van der Waals surface area contributed by atoms with Crippen LogP contribution in [0.4, 0.5) is 0 Å². The fraction of sp³-hybridized carbons (Fsp3) is 0.571. The number of benzene rings is 1. The fourth-order valence-corrected chi connectivity index (χ4v) is 2.40. The second-order valence-electron chi connectivity index (χ2n) is 4.84. The van der Waals surface area contributed by atoms with Gasteiger partial charge in [-0.2, -0.15) is 0 Å². The van der Waals surface area contributed by atoms with Crippen molar-refractivity contribution in [2.75, 3.05) is 19.5 Å². The first-order chi connectivity index (χ1) is 9.27. The van der Waals surface area contributed by atoms with E-state index in [1.165, 1.54) is 7.11 Å². The molecule has 6 heteroatoms. The Hall–Kier alpha value is -1.27. The molecule has 20 heavy (non-hydrogen) atoms. The van der Waals surface area contributed by atoms with Crippen molar-refractivity contribution in [3.8, 4) is 11.5 Å². The summed E-state index contributed by atoms with van der Waals surface area (Å²) in [4.78, 5) is 0. The van der Waals surface area contributed by atoms with Crippen LogP contribution < -0.4 is 9.47 Å². The lowest BCUT2D eigenvalue weighted by atomic mass is 10.1. The summed E-state index contributed by atoms with van der Waals surface area (Å²) in [7, 11) is -1.60. The van der Waals surface area contributed by atoms with Gasteiger partial charge in [0.05, 0.1) is 24.2 Å². The van der Waals surface area contributed by atoms with Crippen molar-refractivity contribution in [1.29, 1.82) is 0 Å². The highest BCUT2D eigenvalue weighted by molar-refractivity contribution is 7.91. The normalized spacial score (nSPS) is 13.3. The van der Waals surface area contributed by atoms with Gasteiger partial charge in [-0.3, -0.25) is 0 Å². The van der Waals surface area contributed by atoms with E-state index >= 15 is 0 Å². The van der Waals surface area contributed by atoms with Gasteiger partial charge < -0.3 is 14.6 Å². The third-order valence-electron chi connectivity index (χ3n) is 3.01. The summed E-state index contributed by atoms with van der Waals surface area (Å²) in [5.41, 5.74) is 0.604. The number of rotatable bonds is 7. The Morgan fingerprint density at radius 3 is 2.40 bits per heavy atom. The number of methoxy groups -OCH3 is 1. The first-order valence-corrected chi connectivity index (χ1v) is 8.20. The first kappa shape index (κ1) is 16.8. The molecule has 0 aliphatic heterocycles. The molecule has 1 aromatic carbocycles. The van der Waals surface area contributed by atoms with Gasteiger partial charge in [0.25, 0.3) is 0 Å². The molecule has 1 N–H and O–H groups in total. The van der Waals surface area contributed by atoms with E-state index in [9.17, 15) is 13.5 Å². The molecule has 0 radical (unpaired) electrons. The monoisotopic (exact) mass is 302 g/mol. The van der Waals surface area contributed by atoms with E-state index in [0.29, 0.717) is 17.1 Å². The summed E-state index contributed by atoms with van der Waals surface area (Å²) in [6, 6.07) is 5.07. The van der Waals surface area contributed by atoms with E-state index < -0.39 is 21.2 Å². The van der Waals surface area contributed by atoms with Gasteiger partial charge in [-0.15, -0.1) is 0 Å². The predicted octanol–water partition coefficient (Wildman–Crippen LogP) is 1.95. The SMILES string of the molecule is COc1ccc(C(C)O)c(OCCS(=O)(=O)C(C)C)c1. The van der Waals surface area contributed by atoms with E-state index in [1.54, 1.807) is 39.0 Å². The maximum absolute atomic E-state index is 11.7. The van der Waals surface area contributed by atoms with Crippen molar-refractivity contribution in [3.63, 3.8) is 0 Å². The van der Waals surface area contributed by atoms with Crippen molar-refractivity contribution in [1.82, 2.24) is 0 Å². The van der Waals surface area contributed by atoms with Crippen LogP contribution in [0.1, 0.15) is 32.4 Å². The molecular formula is C14H22O5S. The maximum atomic E-state index is 11.7. The maximum Gasteiger partial charge on any atom is 0.155 e. The van der Waals surface area contributed by atoms with Crippen LogP contribution >= 0.6 is 0 Å². The molecule has 0 aromatic heterocycles. The first-order valence-electron chi connectivity index (χ1n) is 6.48. The van der Waals surface area contributed by atoms with Gasteiger partial charge >= 0.3 is 0 Å². The Bertz CT molecular complexity index is 534. The molecule has 0 fully saturated rings. The van der Waals surface area contributed by atoms with E-state index in [-0.39, 0.29) is 12.4 Å². The van der Waals surface area contributed by atoms with Gasteiger partial charge in [-0.25, -0.2) is 8.42 Å². The summed E-state index contributed by atoms with van der Waals surface area (Å²) < 4.78 is 34.0. The van der Waals surface area contributed by atoms with Crippen LogP contribution in [0.15, 0.2) is 18.2 Å². The average Bonchev–Trinajstić information content (AvgIpc) is 2.37. The quantitative estimate of drug-likeness (QED) is 0.833. The number of ether oxygens (including phenoxy) is 2. The number of aliphatic hydroxyl groups excluding tert-OH is 1. The molecule has 0 aliphatic carbocycles. The van der Waals surface area contributed by atoms with Crippen LogP contribution in [0.5, 0.6) is 11.5 Å².